The van der Waals surface area contributed by atoms with Gasteiger partial charge >= 0.3 is 0 Å². The van der Waals surface area contributed by atoms with E-state index in [1.165, 1.54) is 11.3 Å². The molecule has 0 fully saturated rings. The third-order valence-corrected chi connectivity index (χ3v) is 5.04. The molecule has 0 saturated heterocycles. The first-order valence-electron chi connectivity index (χ1n) is 8.41. The van der Waals surface area contributed by atoms with Crippen LogP contribution in [0.3, 0.4) is 0 Å². The lowest BCUT2D eigenvalue weighted by atomic mass is 9.93. The second-order valence-corrected chi connectivity index (χ2v) is 6.82. The van der Waals surface area contributed by atoms with Crippen LogP contribution in [0.4, 0.5) is 0 Å². The number of hydrogen-bond acceptors (Lipinski definition) is 6. The maximum atomic E-state index is 4.58. The summed E-state index contributed by atoms with van der Waals surface area (Å²) in [5.41, 5.74) is 3.64. The van der Waals surface area contributed by atoms with Crippen LogP contribution in [0.1, 0.15) is 35.7 Å². The van der Waals surface area contributed by atoms with Gasteiger partial charge in [0.1, 0.15) is 0 Å². The van der Waals surface area contributed by atoms with E-state index in [4.69, 9.17) is 0 Å². The molecule has 0 aromatic carbocycles. The highest BCUT2D eigenvalue weighted by Gasteiger charge is 2.24. The van der Waals surface area contributed by atoms with Gasteiger partial charge in [-0.3, -0.25) is 0 Å². The number of pyridine rings is 1. The number of nitrogens with one attached hydrogen (secondary N) is 1. The molecule has 3 heterocycles. The molecule has 0 aliphatic heterocycles. The molecule has 1 N–H and O–H groups in total. The van der Waals surface area contributed by atoms with E-state index in [9.17, 15) is 0 Å². The van der Waals surface area contributed by atoms with Crippen LogP contribution in [0, 0.1) is 0 Å². The molecule has 1 atom stereocenters. The summed E-state index contributed by atoms with van der Waals surface area (Å²) in [4.78, 5) is 13.1. The summed E-state index contributed by atoms with van der Waals surface area (Å²) < 4.78 is 1.97. The van der Waals surface area contributed by atoms with Gasteiger partial charge in [0, 0.05) is 42.3 Å². The molecule has 1 aliphatic rings. The number of nitrogens with zero attached hydrogens (tertiary/aromatic N) is 5. The minimum atomic E-state index is 0.307. The molecule has 4 rings (SSSR count). The molecule has 128 valence electrons. The van der Waals surface area contributed by atoms with E-state index in [1.54, 1.807) is 18.0 Å². The molecule has 0 radical (unpaired) electrons. The second-order valence-electron chi connectivity index (χ2n) is 6.05. The Bertz CT molecular complexity index is 831. The molecule has 3 aromatic rings. The monoisotopic (exact) mass is 352 g/mol. The first kappa shape index (κ1) is 16.2. The van der Waals surface area contributed by atoms with Crippen LogP contribution in [0.2, 0.25) is 0 Å². The van der Waals surface area contributed by atoms with Crippen molar-refractivity contribution in [2.45, 2.75) is 37.0 Å². The lowest BCUT2D eigenvalue weighted by Gasteiger charge is -2.24. The van der Waals surface area contributed by atoms with Gasteiger partial charge in [-0.05, 0) is 37.7 Å². The number of fused-ring (bicyclic) bond motifs is 1. The molecular weight excluding hydrogens is 332 g/mol. The zero-order valence-electron chi connectivity index (χ0n) is 14.1. The van der Waals surface area contributed by atoms with Gasteiger partial charge in [-0.1, -0.05) is 17.8 Å². The second kappa shape index (κ2) is 7.33. The Morgan fingerprint density at radius 1 is 1.20 bits per heavy atom. The normalized spacial score (nSPS) is 16.6. The quantitative estimate of drug-likeness (QED) is 0.562. The summed E-state index contributed by atoms with van der Waals surface area (Å²) >= 11 is 1.56. The van der Waals surface area contributed by atoms with Crippen molar-refractivity contribution in [3.05, 3.63) is 59.8 Å². The minimum Gasteiger partial charge on any atom is -0.306 e. The Morgan fingerprint density at radius 3 is 2.84 bits per heavy atom. The summed E-state index contributed by atoms with van der Waals surface area (Å²) in [7, 11) is 0. The molecule has 0 unspecified atom stereocenters. The highest BCUT2D eigenvalue weighted by atomic mass is 32.2. The van der Waals surface area contributed by atoms with Gasteiger partial charge in [0.25, 0.3) is 0 Å². The Morgan fingerprint density at radius 2 is 2.08 bits per heavy atom. The highest BCUT2D eigenvalue weighted by Crippen LogP contribution is 2.30. The molecule has 25 heavy (non-hydrogen) atoms. The van der Waals surface area contributed by atoms with Crippen molar-refractivity contribution in [3.63, 3.8) is 0 Å². The zero-order valence-corrected chi connectivity index (χ0v) is 14.9. The van der Waals surface area contributed by atoms with Crippen LogP contribution in [0.15, 0.2) is 48.1 Å². The fourth-order valence-corrected chi connectivity index (χ4v) is 3.54. The van der Waals surface area contributed by atoms with Gasteiger partial charge in [-0.2, -0.15) is 5.10 Å². The summed E-state index contributed by atoms with van der Waals surface area (Å²) in [5, 5.41) is 9.02. The topological polar surface area (TPSA) is 68.5 Å². The summed E-state index contributed by atoms with van der Waals surface area (Å²) in [6.45, 7) is 0.757. The molecule has 0 spiro atoms. The summed E-state index contributed by atoms with van der Waals surface area (Å²) in [6.07, 6.45) is 12.9. The smallest absolute Gasteiger partial charge is 0.187 e. The molecule has 3 aromatic heterocycles. The van der Waals surface area contributed by atoms with Crippen molar-refractivity contribution < 1.29 is 0 Å². The predicted molar refractivity (Wildman–Crippen MR) is 97.7 cm³/mol. The minimum absolute atomic E-state index is 0.307. The Labute approximate surface area is 151 Å². The van der Waals surface area contributed by atoms with Crippen molar-refractivity contribution in [1.82, 2.24) is 30.0 Å². The van der Waals surface area contributed by atoms with Gasteiger partial charge in [-0.25, -0.2) is 19.6 Å². The van der Waals surface area contributed by atoms with Crippen LogP contribution in [-0.2, 0) is 13.0 Å². The predicted octanol–water partition coefficient (Wildman–Crippen LogP) is 2.95. The summed E-state index contributed by atoms with van der Waals surface area (Å²) in [6, 6.07) is 6.22. The first-order valence-corrected chi connectivity index (χ1v) is 9.64. The van der Waals surface area contributed by atoms with E-state index in [-0.39, 0.29) is 0 Å². The van der Waals surface area contributed by atoms with E-state index in [1.807, 2.05) is 47.7 Å². The van der Waals surface area contributed by atoms with Crippen LogP contribution in [0.5, 0.6) is 0 Å². The molecule has 1 aliphatic carbocycles. The third-order valence-electron chi connectivity index (χ3n) is 4.47. The molecule has 0 amide bonds. The van der Waals surface area contributed by atoms with Crippen molar-refractivity contribution in [2.75, 3.05) is 6.26 Å². The molecule has 7 heteroatoms. The summed E-state index contributed by atoms with van der Waals surface area (Å²) in [5.74, 6) is 0.880. The van der Waals surface area contributed by atoms with E-state index >= 15 is 0 Å². The average molecular weight is 352 g/mol. The van der Waals surface area contributed by atoms with Crippen molar-refractivity contribution in [3.8, 4) is 5.82 Å². The van der Waals surface area contributed by atoms with E-state index in [0.717, 1.165) is 42.3 Å². The van der Waals surface area contributed by atoms with Gasteiger partial charge in [-0.15, -0.1) is 0 Å². The maximum absolute atomic E-state index is 4.58. The van der Waals surface area contributed by atoms with E-state index in [0.29, 0.717) is 6.04 Å². The van der Waals surface area contributed by atoms with Crippen LogP contribution < -0.4 is 5.32 Å². The number of aromatic nitrogens is 5. The van der Waals surface area contributed by atoms with Crippen LogP contribution in [-0.4, -0.2) is 31.0 Å². The van der Waals surface area contributed by atoms with Crippen molar-refractivity contribution in [2.24, 2.45) is 0 Å². The van der Waals surface area contributed by atoms with Gasteiger partial charge in [0.05, 0.1) is 11.9 Å². The fraction of sp³-hybridized carbons (Fsp3) is 0.333. The molecule has 0 saturated carbocycles. The van der Waals surface area contributed by atoms with E-state index < -0.39 is 0 Å². The average Bonchev–Trinajstić information content (AvgIpc) is 3.12. The number of hydrogen-bond donors (Lipinski definition) is 1. The van der Waals surface area contributed by atoms with Crippen LogP contribution in [0.25, 0.3) is 5.82 Å². The van der Waals surface area contributed by atoms with Gasteiger partial charge in [0.2, 0.25) is 0 Å². The Hall–Kier alpha value is -2.25. The largest absolute Gasteiger partial charge is 0.306 e. The number of thioether (sulfide) groups is 1. The Balaban J connectivity index is 1.51. The van der Waals surface area contributed by atoms with Gasteiger partial charge < -0.3 is 5.32 Å². The van der Waals surface area contributed by atoms with Crippen LogP contribution >= 0.6 is 11.8 Å². The zero-order chi connectivity index (χ0) is 17.1. The highest BCUT2D eigenvalue weighted by molar-refractivity contribution is 7.98. The van der Waals surface area contributed by atoms with Crippen molar-refractivity contribution >= 4 is 11.8 Å². The molecular formula is C18H20N6S. The number of rotatable bonds is 5. The molecule has 0 bridgehead atoms. The van der Waals surface area contributed by atoms with E-state index in [2.05, 4.69) is 25.4 Å². The molecule has 6 nitrogen and oxygen atoms in total. The van der Waals surface area contributed by atoms with Crippen molar-refractivity contribution in [1.29, 1.82) is 0 Å². The SMILES string of the molecule is CSc1ncc(CN[C@@H]2CCCc3c2cnn3-c2ccccn2)cn1. The van der Waals surface area contributed by atoms with Gasteiger partial charge in [0.15, 0.2) is 11.0 Å². The lowest BCUT2D eigenvalue weighted by molar-refractivity contribution is 0.453. The fourth-order valence-electron chi connectivity index (χ4n) is 3.23. The lowest BCUT2D eigenvalue weighted by Crippen LogP contribution is -2.25. The third kappa shape index (κ3) is 3.43. The maximum Gasteiger partial charge on any atom is 0.187 e. The standard InChI is InChI=1S/C18H20N6S/c1-25-18-21-10-13(11-22-18)9-20-15-5-4-6-16-14(15)12-23-24(16)17-7-2-3-8-19-17/h2-3,7-8,10-12,15,20H,4-6,9H2,1H3/t15-/m1/s1. The first-order chi connectivity index (χ1) is 12.3. The Kier molecular flexibility index (Phi) is 4.76.